The van der Waals surface area contributed by atoms with Gasteiger partial charge in [0.05, 0.1) is 6.20 Å². The van der Waals surface area contributed by atoms with Gasteiger partial charge >= 0.3 is 0 Å². The van der Waals surface area contributed by atoms with Gasteiger partial charge in [-0.2, -0.15) is 0 Å². The van der Waals surface area contributed by atoms with Crippen molar-refractivity contribution in [3.05, 3.63) is 12.4 Å². The van der Waals surface area contributed by atoms with Crippen molar-refractivity contribution in [1.82, 2.24) is 15.0 Å². The third-order valence-electron chi connectivity index (χ3n) is 1.48. The molecule has 60 valence electrons. The highest BCUT2D eigenvalue weighted by Crippen LogP contribution is 2.06. The van der Waals surface area contributed by atoms with Gasteiger partial charge in [0, 0.05) is 6.20 Å². The van der Waals surface area contributed by atoms with E-state index in [-0.39, 0.29) is 11.9 Å². The first-order valence-electron chi connectivity index (χ1n) is 3.40. The largest absolute Gasteiger partial charge is 0.368 e. The van der Waals surface area contributed by atoms with Gasteiger partial charge in [0.2, 0.25) is 5.91 Å². The molecule has 0 radical (unpaired) electrons. The second kappa shape index (κ2) is 3.14. The van der Waals surface area contributed by atoms with Crippen molar-refractivity contribution >= 4 is 5.91 Å². The molecule has 1 aromatic heterocycles. The third-order valence-corrected chi connectivity index (χ3v) is 1.48. The van der Waals surface area contributed by atoms with E-state index in [1.807, 2.05) is 6.92 Å². The molecule has 0 bridgehead atoms. The van der Waals surface area contributed by atoms with E-state index in [1.165, 1.54) is 10.9 Å². The minimum Gasteiger partial charge on any atom is -0.368 e. The maximum Gasteiger partial charge on any atom is 0.242 e. The molecule has 0 aliphatic rings. The highest BCUT2D eigenvalue weighted by Gasteiger charge is 2.14. The summed E-state index contributed by atoms with van der Waals surface area (Å²) in [6.07, 6.45) is 3.78. The monoisotopic (exact) mass is 154 g/mol. The van der Waals surface area contributed by atoms with Crippen LogP contribution in [0, 0.1) is 0 Å². The molecule has 0 spiro atoms. The number of carbonyl (C=O) groups is 1. The molecule has 1 atom stereocenters. The van der Waals surface area contributed by atoms with Crippen LogP contribution in [-0.2, 0) is 4.79 Å². The lowest BCUT2D eigenvalue weighted by Crippen LogP contribution is -2.26. The lowest BCUT2D eigenvalue weighted by atomic mass is 10.2. The molecule has 5 nitrogen and oxygen atoms in total. The van der Waals surface area contributed by atoms with Gasteiger partial charge in [-0.1, -0.05) is 12.1 Å². The van der Waals surface area contributed by atoms with Crippen LogP contribution in [0.2, 0.25) is 0 Å². The predicted octanol–water partition coefficient (Wildman–Crippen LogP) is -0.286. The maximum atomic E-state index is 10.8. The molecule has 0 aliphatic heterocycles. The van der Waals surface area contributed by atoms with Gasteiger partial charge in [0.25, 0.3) is 0 Å². The Morgan fingerprint density at radius 1 is 1.82 bits per heavy atom. The van der Waals surface area contributed by atoms with E-state index in [9.17, 15) is 4.79 Å². The molecule has 0 aliphatic carbocycles. The molecule has 0 fully saturated rings. The fourth-order valence-electron chi connectivity index (χ4n) is 0.902. The minimum atomic E-state index is -0.377. The molecule has 0 saturated heterocycles. The summed E-state index contributed by atoms with van der Waals surface area (Å²) in [5.41, 5.74) is 5.11. The maximum absolute atomic E-state index is 10.8. The second-order valence-electron chi connectivity index (χ2n) is 2.21. The molecule has 1 unspecified atom stereocenters. The Morgan fingerprint density at radius 3 is 2.91 bits per heavy atom. The summed E-state index contributed by atoms with van der Waals surface area (Å²) in [6.45, 7) is 1.87. The zero-order valence-electron chi connectivity index (χ0n) is 6.27. The predicted molar refractivity (Wildman–Crippen MR) is 38.5 cm³/mol. The zero-order chi connectivity index (χ0) is 8.27. The summed E-state index contributed by atoms with van der Waals surface area (Å²) >= 11 is 0. The van der Waals surface area contributed by atoms with Gasteiger partial charge in [0.15, 0.2) is 0 Å². The van der Waals surface area contributed by atoms with Crippen molar-refractivity contribution in [3.8, 4) is 0 Å². The van der Waals surface area contributed by atoms with E-state index in [0.29, 0.717) is 6.42 Å². The van der Waals surface area contributed by atoms with Crippen molar-refractivity contribution < 1.29 is 4.79 Å². The Labute approximate surface area is 64.2 Å². The van der Waals surface area contributed by atoms with Crippen molar-refractivity contribution in [2.45, 2.75) is 19.4 Å². The fourth-order valence-corrected chi connectivity index (χ4v) is 0.902. The van der Waals surface area contributed by atoms with Crippen molar-refractivity contribution in [2.24, 2.45) is 5.73 Å². The molecular weight excluding hydrogens is 144 g/mol. The van der Waals surface area contributed by atoms with Crippen LogP contribution in [-0.4, -0.2) is 20.9 Å². The van der Waals surface area contributed by atoms with Gasteiger partial charge in [-0.15, -0.1) is 5.10 Å². The number of amides is 1. The van der Waals surface area contributed by atoms with Crippen LogP contribution in [0.3, 0.4) is 0 Å². The first-order valence-corrected chi connectivity index (χ1v) is 3.40. The van der Waals surface area contributed by atoms with Crippen LogP contribution >= 0.6 is 0 Å². The number of nitrogens with two attached hydrogens (primary N) is 1. The summed E-state index contributed by atoms with van der Waals surface area (Å²) in [4.78, 5) is 10.8. The average Bonchev–Trinajstić information content (AvgIpc) is 2.40. The van der Waals surface area contributed by atoms with Crippen LogP contribution < -0.4 is 5.73 Å². The Bertz CT molecular complexity index is 231. The lowest BCUT2D eigenvalue weighted by molar-refractivity contribution is -0.121. The van der Waals surface area contributed by atoms with Crippen LogP contribution in [0.4, 0.5) is 0 Å². The first-order chi connectivity index (χ1) is 5.25. The Hall–Kier alpha value is -1.39. The van der Waals surface area contributed by atoms with Crippen LogP contribution in [0.1, 0.15) is 19.4 Å². The Morgan fingerprint density at radius 2 is 2.55 bits per heavy atom. The molecule has 2 N–H and O–H groups in total. The summed E-state index contributed by atoms with van der Waals surface area (Å²) < 4.78 is 1.46. The minimum absolute atomic E-state index is 0.363. The van der Waals surface area contributed by atoms with E-state index >= 15 is 0 Å². The number of hydrogen-bond donors (Lipinski definition) is 1. The SMILES string of the molecule is CCC(C(N)=O)n1ccnn1. The second-order valence-corrected chi connectivity index (χ2v) is 2.21. The molecule has 1 amide bonds. The number of primary amides is 1. The van der Waals surface area contributed by atoms with Crippen LogP contribution in [0.5, 0.6) is 0 Å². The molecular formula is C6H10N4O. The molecule has 0 saturated carbocycles. The average molecular weight is 154 g/mol. The summed E-state index contributed by atoms with van der Waals surface area (Å²) in [6, 6.07) is -0.363. The van der Waals surface area contributed by atoms with Gasteiger partial charge in [-0.05, 0) is 6.42 Å². The van der Waals surface area contributed by atoms with Gasteiger partial charge < -0.3 is 5.73 Å². The zero-order valence-corrected chi connectivity index (χ0v) is 6.27. The molecule has 1 heterocycles. The van der Waals surface area contributed by atoms with E-state index in [1.54, 1.807) is 6.20 Å². The Kier molecular flexibility index (Phi) is 2.20. The van der Waals surface area contributed by atoms with Crippen molar-refractivity contribution in [3.63, 3.8) is 0 Å². The molecule has 11 heavy (non-hydrogen) atoms. The van der Waals surface area contributed by atoms with Crippen LogP contribution in [0.25, 0.3) is 0 Å². The van der Waals surface area contributed by atoms with E-state index in [0.717, 1.165) is 0 Å². The lowest BCUT2D eigenvalue weighted by Gasteiger charge is -2.08. The topological polar surface area (TPSA) is 73.8 Å². The van der Waals surface area contributed by atoms with Gasteiger partial charge in [0.1, 0.15) is 6.04 Å². The molecule has 1 aromatic rings. The number of nitrogens with zero attached hydrogens (tertiary/aromatic N) is 3. The van der Waals surface area contributed by atoms with E-state index < -0.39 is 0 Å². The van der Waals surface area contributed by atoms with Gasteiger partial charge in [-0.3, -0.25) is 4.79 Å². The van der Waals surface area contributed by atoms with Crippen LogP contribution in [0.15, 0.2) is 12.4 Å². The van der Waals surface area contributed by atoms with E-state index in [2.05, 4.69) is 10.3 Å². The van der Waals surface area contributed by atoms with Crippen molar-refractivity contribution in [2.75, 3.05) is 0 Å². The number of rotatable bonds is 3. The summed E-state index contributed by atoms with van der Waals surface area (Å²) in [7, 11) is 0. The standard InChI is InChI=1S/C6H10N4O/c1-2-5(6(7)11)10-4-3-8-9-10/h3-5H,2H2,1H3,(H2,7,11). The van der Waals surface area contributed by atoms with E-state index in [4.69, 9.17) is 5.73 Å². The Balaban J connectivity index is 2.79. The molecule has 0 aromatic carbocycles. The van der Waals surface area contributed by atoms with Gasteiger partial charge in [-0.25, -0.2) is 4.68 Å². The smallest absolute Gasteiger partial charge is 0.242 e. The van der Waals surface area contributed by atoms with Crippen molar-refractivity contribution in [1.29, 1.82) is 0 Å². The first kappa shape index (κ1) is 7.71. The summed E-state index contributed by atoms with van der Waals surface area (Å²) in [5, 5.41) is 7.25. The molecule has 5 heteroatoms. The summed E-state index contributed by atoms with van der Waals surface area (Å²) in [5.74, 6) is -0.377. The number of aromatic nitrogens is 3. The number of carbonyl (C=O) groups excluding carboxylic acids is 1. The highest BCUT2D eigenvalue weighted by atomic mass is 16.1. The highest BCUT2D eigenvalue weighted by molar-refractivity contribution is 5.78. The third kappa shape index (κ3) is 1.54. The quantitative estimate of drug-likeness (QED) is 0.650. The number of hydrogen-bond acceptors (Lipinski definition) is 3. The normalized spacial score (nSPS) is 12.8. The fraction of sp³-hybridized carbons (Fsp3) is 0.500. The molecule has 1 rings (SSSR count).